The quantitative estimate of drug-likeness (QED) is 0.446. The first-order chi connectivity index (χ1) is 16.0. The van der Waals surface area contributed by atoms with E-state index in [0.717, 1.165) is 0 Å². The molecule has 0 aliphatic heterocycles. The van der Waals surface area contributed by atoms with Crippen LogP contribution in [0.15, 0.2) is 59.2 Å². The molecular weight excluding hydrogens is 583 g/mol. The summed E-state index contributed by atoms with van der Waals surface area (Å²) < 4.78 is 0. The van der Waals surface area contributed by atoms with Crippen molar-refractivity contribution in [2.45, 2.75) is 106 Å². The van der Waals surface area contributed by atoms with E-state index in [1.807, 2.05) is 0 Å². The molecule has 3 heteroatoms. The predicted octanol–water partition coefficient (Wildman–Crippen LogP) is 4.12. The number of hydrogen-bond donors (Lipinski definition) is 0. The summed E-state index contributed by atoms with van der Waals surface area (Å²) in [5.74, 6) is 1.07. The molecule has 0 N–H and O–H groups in total. The Morgan fingerprint density at radius 3 is 1.55 bits per heavy atom. The second-order valence-corrected chi connectivity index (χ2v) is 15.1. The smallest absolute Gasteiger partial charge is 1.00 e. The van der Waals surface area contributed by atoms with Gasteiger partial charge in [0.15, 0.2) is 0 Å². The van der Waals surface area contributed by atoms with Crippen molar-refractivity contribution in [3.05, 3.63) is 81.4 Å². The van der Waals surface area contributed by atoms with Gasteiger partial charge in [0, 0.05) is 11.3 Å². The van der Waals surface area contributed by atoms with E-state index in [0.29, 0.717) is 11.8 Å². The second-order valence-electron chi connectivity index (χ2n) is 15.1. The molecule has 3 aliphatic rings. The van der Waals surface area contributed by atoms with Crippen LogP contribution in [0.2, 0.25) is 0 Å². The molecule has 0 spiro atoms. The molecule has 5 rings (SSSR count). The van der Waals surface area contributed by atoms with Gasteiger partial charge in [-0.2, -0.15) is 0 Å². The molecule has 2 unspecified atom stereocenters. The number of rotatable bonds is 1. The third kappa shape index (κ3) is 5.35. The van der Waals surface area contributed by atoms with Crippen molar-refractivity contribution in [1.82, 2.24) is 0 Å². The van der Waals surface area contributed by atoms with Crippen LogP contribution in [0.25, 0.3) is 11.1 Å². The zero-order chi connectivity index (χ0) is 25.7. The van der Waals surface area contributed by atoms with Crippen molar-refractivity contribution in [3.63, 3.8) is 0 Å². The summed E-state index contributed by atoms with van der Waals surface area (Å²) in [6, 6.07) is 14.8. The van der Waals surface area contributed by atoms with Crippen molar-refractivity contribution in [3.8, 4) is 11.1 Å². The van der Waals surface area contributed by atoms with E-state index in [1.54, 1.807) is 27.8 Å². The van der Waals surface area contributed by atoms with E-state index >= 15 is 0 Å². The molecule has 0 saturated carbocycles. The van der Waals surface area contributed by atoms with E-state index in [-0.39, 0.29) is 72.7 Å². The largest absolute Gasteiger partial charge is 2.00 e. The topological polar surface area (TPSA) is 0 Å². The maximum Gasteiger partial charge on any atom is 2.00 e. The maximum absolute atomic E-state index is 2.61. The fraction of sp³-hybridized carbons (Fsp3) is 0.543. The van der Waals surface area contributed by atoms with Gasteiger partial charge in [0.1, 0.15) is 0 Å². The van der Waals surface area contributed by atoms with Crippen LogP contribution in [0.5, 0.6) is 0 Å². The third-order valence-electron chi connectivity index (χ3n) is 9.34. The van der Waals surface area contributed by atoms with Gasteiger partial charge in [0.05, 0.1) is 0 Å². The molecule has 0 aromatic heterocycles. The summed E-state index contributed by atoms with van der Waals surface area (Å²) in [4.78, 5) is 0. The molecule has 0 nitrogen and oxygen atoms in total. The van der Waals surface area contributed by atoms with Gasteiger partial charge in [-0.25, -0.2) is 0 Å². The van der Waals surface area contributed by atoms with E-state index < -0.39 is 0 Å². The Morgan fingerprint density at radius 1 is 0.711 bits per heavy atom. The Morgan fingerprint density at radius 2 is 1.16 bits per heavy atom. The van der Waals surface area contributed by atoms with Crippen LogP contribution in [0.3, 0.4) is 0 Å². The number of halogens is 2. The Balaban J connectivity index is 0.00000169. The average molecular weight is 629 g/mol. The Bertz CT molecular complexity index is 1210. The molecule has 0 saturated heterocycles. The molecule has 2 aromatic carbocycles. The summed E-state index contributed by atoms with van der Waals surface area (Å²) in [6.45, 7) is 26.2. The van der Waals surface area contributed by atoms with E-state index in [2.05, 4.69) is 119 Å². The Labute approximate surface area is 264 Å². The van der Waals surface area contributed by atoms with Crippen LogP contribution in [-0.4, -0.2) is 0 Å². The SMILES string of the molecule is CC1CC(C)(C2c3ccc(C(C)(C)C)cc3-c3cc(C(C)(C)C)ccc32)C2=C1CC(C(C)(C)C)=C2.[Cl-].[Cl-].[Zr+2]. The first kappa shape index (κ1) is 33.6. The van der Waals surface area contributed by atoms with Crippen LogP contribution < -0.4 is 24.8 Å². The van der Waals surface area contributed by atoms with E-state index in [4.69, 9.17) is 0 Å². The Kier molecular flexibility index (Phi) is 9.42. The minimum absolute atomic E-state index is 0. The number of hydrogen-bond acceptors (Lipinski definition) is 0. The zero-order valence-electron chi connectivity index (χ0n) is 25.4. The average Bonchev–Trinajstić information content (AvgIpc) is 3.37. The minimum Gasteiger partial charge on any atom is -1.00 e. The fourth-order valence-corrected chi connectivity index (χ4v) is 7.08. The van der Waals surface area contributed by atoms with Gasteiger partial charge < -0.3 is 24.8 Å². The maximum atomic E-state index is 2.61. The van der Waals surface area contributed by atoms with Gasteiger partial charge in [-0.15, -0.1) is 0 Å². The Hall–Kier alpha value is -0.617. The molecule has 2 atom stereocenters. The minimum atomic E-state index is 0. The molecule has 0 bridgehead atoms. The summed E-state index contributed by atoms with van der Waals surface area (Å²) in [5.41, 5.74) is 14.5. The molecular formula is C35H46Cl2Zr. The molecule has 0 amide bonds. The molecule has 204 valence electrons. The monoisotopic (exact) mass is 626 g/mol. The number of benzene rings is 2. The molecule has 2 aromatic rings. The van der Waals surface area contributed by atoms with Crippen LogP contribution in [-0.2, 0) is 37.0 Å². The molecule has 0 radical (unpaired) electrons. The van der Waals surface area contributed by atoms with Crippen LogP contribution >= 0.6 is 0 Å². The first-order valence-corrected chi connectivity index (χ1v) is 13.8. The summed E-state index contributed by atoms with van der Waals surface area (Å²) >= 11 is 0. The zero-order valence-corrected chi connectivity index (χ0v) is 29.3. The van der Waals surface area contributed by atoms with Gasteiger partial charge >= 0.3 is 26.2 Å². The van der Waals surface area contributed by atoms with Gasteiger partial charge in [-0.1, -0.05) is 130 Å². The summed E-state index contributed by atoms with van der Waals surface area (Å²) in [7, 11) is 0. The normalized spacial score (nSPS) is 22.6. The molecule has 0 fully saturated rings. The standard InChI is InChI=1S/C35H46.2ClH.Zr/c1-21-20-35(11,30-19-24(18-27(21)30)34(8,9)10)31-25-14-12-22(32(2,3)4)16-28(25)29-17-23(33(5,6)7)13-15-26(29)31;;;/h12-17,19,21,31H,18,20H2,1-11H3;2*1H;/q;;;+2/p-2. The molecule has 3 aliphatic carbocycles. The number of allylic oxidation sites excluding steroid dienone is 4. The van der Waals surface area contributed by atoms with Crippen molar-refractivity contribution < 1.29 is 51.0 Å². The van der Waals surface area contributed by atoms with E-state index in [1.165, 1.54) is 35.1 Å². The van der Waals surface area contributed by atoms with Gasteiger partial charge in [-0.05, 0) is 74.0 Å². The van der Waals surface area contributed by atoms with Crippen molar-refractivity contribution >= 4 is 0 Å². The van der Waals surface area contributed by atoms with Gasteiger partial charge in [0.2, 0.25) is 0 Å². The van der Waals surface area contributed by atoms with Gasteiger partial charge in [-0.3, -0.25) is 0 Å². The van der Waals surface area contributed by atoms with Crippen LogP contribution in [0.4, 0.5) is 0 Å². The first-order valence-electron chi connectivity index (χ1n) is 13.8. The van der Waals surface area contributed by atoms with Crippen molar-refractivity contribution in [1.29, 1.82) is 0 Å². The summed E-state index contributed by atoms with van der Waals surface area (Å²) in [6.07, 6.45) is 5.04. The molecule has 0 heterocycles. The number of fused-ring (bicyclic) bond motifs is 3. The van der Waals surface area contributed by atoms with Crippen LogP contribution in [0.1, 0.15) is 117 Å². The molecule has 38 heavy (non-hydrogen) atoms. The van der Waals surface area contributed by atoms with Crippen molar-refractivity contribution in [2.75, 3.05) is 0 Å². The summed E-state index contributed by atoms with van der Waals surface area (Å²) in [5, 5.41) is 0. The van der Waals surface area contributed by atoms with Crippen molar-refractivity contribution in [2.24, 2.45) is 16.7 Å². The van der Waals surface area contributed by atoms with Gasteiger partial charge in [0.25, 0.3) is 0 Å². The third-order valence-corrected chi connectivity index (χ3v) is 9.34. The second kappa shape index (κ2) is 10.7. The van der Waals surface area contributed by atoms with E-state index in [9.17, 15) is 0 Å². The predicted molar refractivity (Wildman–Crippen MR) is 152 cm³/mol. The fourth-order valence-electron chi connectivity index (χ4n) is 7.08. The van der Waals surface area contributed by atoms with Crippen LogP contribution in [0, 0.1) is 16.7 Å².